The Morgan fingerprint density at radius 3 is 1.60 bits per heavy atom. The fourth-order valence-corrected chi connectivity index (χ4v) is 156. The van der Waals surface area contributed by atoms with E-state index < -0.39 is 45.5 Å². The van der Waals surface area contributed by atoms with Crippen LogP contribution in [0.15, 0.2) is 65.2 Å². The van der Waals surface area contributed by atoms with E-state index in [1.807, 2.05) is 25.1 Å². The lowest BCUT2D eigenvalue weighted by Crippen LogP contribution is -3.04. The Labute approximate surface area is 248 Å². The highest BCUT2D eigenvalue weighted by Gasteiger charge is 2.87. The van der Waals surface area contributed by atoms with Crippen molar-refractivity contribution in [3.8, 4) is 12.1 Å². The van der Waals surface area contributed by atoms with Gasteiger partial charge in [-0.3, -0.25) is 0 Å². The molecule has 1 aromatic rings. The number of benzene rings is 1. The molecule has 40 heavy (non-hydrogen) atoms. The number of nitriles is 2. The average Bonchev–Trinajstić information content (AvgIpc) is 2.82. The number of hydrogen-bond acceptors (Lipinski definition) is 3. The first-order valence-corrected chi connectivity index (χ1v) is 35.8. The van der Waals surface area contributed by atoms with Crippen LogP contribution in [0.25, 0.3) is 6.08 Å². The van der Waals surface area contributed by atoms with Crippen LogP contribution in [0.1, 0.15) is 18.1 Å². The van der Waals surface area contributed by atoms with Gasteiger partial charge in [-0.2, -0.15) is 10.5 Å². The number of allylic oxidation sites excluding steroid dienone is 6. The largest absolute Gasteiger partial charge is 0.462 e. The van der Waals surface area contributed by atoms with E-state index in [2.05, 4.69) is 109 Å². The van der Waals surface area contributed by atoms with Gasteiger partial charge in [0.25, 0.3) is 0 Å². The molecule has 9 heteroatoms. The zero-order valence-corrected chi connectivity index (χ0v) is 33.0. The van der Waals surface area contributed by atoms with Gasteiger partial charge in [-0.1, -0.05) is 119 Å². The summed E-state index contributed by atoms with van der Waals surface area (Å²) < 4.78 is 6.41. The summed E-state index contributed by atoms with van der Waals surface area (Å²) in [4.78, 5) is 1.16. The van der Waals surface area contributed by atoms with Gasteiger partial charge in [0.05, 0.1) is 0 Å². The standard InChI is InChI=1S/C31H48N2OSi6/c1-24-20-26(27(22-32)23-33)21-29(34-24)19-16-25-14-17-28(18-15-25)31-38(8,9)35(2,3)30(36(4,5)39(31,10)11)37(6,7)40(31,12)13/h14-21,30H,1-13H3/b19-16+. The minimum Gasteiger partial charge on any atom is -0.462 e. The number of fused-ring (bicyclic) bond motifs is 3. The molecule has 3 saturated heterocycles. The summed E-state index contributed by atoms with van der Waals surface area (Å²) in [5.74, 6) is 1.33. The van der Waals surface area contributed by atoms with Crippen molar-refractivity contribution in [1.82, 2.24) is 0 Å². The van der Waals surface area contributed by atoms with Crippen LogP contribution < -0.4 is 0 Å². The van der Waals surface area contributed by atoms with Gasteiger partial charge in [-0.25, -0.2) is 0 Å². The lowest BCUT2D eigenvalue weighted by atomic mass is 10.1. The van der Waals surface area contributed by atoms with Crippen molar-refractivity contribution in [2.75, 3.05) is 0 Å². The highest BCUT2D eigenvalue weighted by Crippen LogP contribution is 2.71. The molecule has 5 rings (SSSR count). The smallest absolute Gasteiger partial charge is 0.137 e. The van der Waals surface area contributed by atoms with E-state index in [0.717, 1.165) is 10.4 Å². The Bertz CT molecular complexity index is 1370. The van der Waals surface area contributed by atoms with Crippen molar-refractivity contribution in [1.29, 1.82) is 10.5 Å². The minimum absolute atomic E-state index is 0.106. The number of hydrogen-bond donors (Lipinski definition) is 0. The van der Waals surface area contributed by atoms with Gasteiger partial charge in [-0.05, 0) is 35.0 Å². The maximum atomic E-state index is 9.31. The highest BCUT2D eigenvalue weighted by molar-refractivity contribution is 7.76. The normalized spacial score (nSPS) is 30.0. The zero-order valence-electron chi connectivity index (χ0n) is 27.0. The molecule has 0 atom stereocenters. The molecule has 1 aromatic carbocycles. The van der Waals surface area contributed by atoms with Crippen LogP contribution in [0.4, 0.5) is 0 Å². The van der Waals surface area contributed by atoms with Crippen molar-refractivity contribution in [2.24, 2.45) is 0 Å². The second-order valence-corrected chi connectivity index (χ2v) is 65.8. The molecule has 0 N–H and O–H groups in total. The van der Waals surface area contributed by atoms with E-state index in [9.17, 15) is 10.5 Å². The van der Waals surface area contributed by atoms with Crippen molar-refractivity contribution in [2.45, 2.75) is 94.6 Å². The van der Waals surface area contributed by atoms with E-state index in [4.69, 9.17) is 4.74 Å². The Hall–Kier alpha value is -1.74. The molecule has 3 fully saturated rings. The molecule has 0 spiro atoms. The highest BCUT2D eigenvalue weighted by atomic mass is 29.4. The molecule has 0 aromatic heterocycles. The van der Waals surface area contributed by atoms with E-state index in [-0.39, 0.29) is 5.57 Å². The second-order valence-electron chi connectivity index (χ2n) is 15.6. The van der Waals surface area contributed by atoms with Gasteiger partial charge >= 0.3 is 0 Å². The molecule has 0 saturated carbocycles. The third kappa shape index (κ3) is 3.64. The van der Waals surface area contributed by atoms with Gasteiger partial charge in [0.2, 0.25) is 0 Å². The number of nitrogens with zero attached hydrogens (tertiary/aromatic N) is 2. The van der Waals surface area contributed by atoms with E-state index in [1.54, 1.807) is 17.7 Å². The van der Waals surface area contributed by atoms with Crippen LogP contribution in [0.3, 0.4) is 0 Å². The maximum absolute atomic E-state index is 9.31. The van der Waals surface area contributed by atoms with E-state index in [0.29, 0.717) is 21.4 Å². The maximum Gasteiger partial charge on any atom is 0.137 e. The van der Waals surface area contributed by atoms with Crippen molar-refractivity contribution in [3.05, 3.63) is 76.3 Å². The molecule has 3 nitrogen and oxygen atoms in total. The predicted octanol–water partition coefficient (Wildman–Crippen LogP) is 8.68. The summed E-state index contributed by atoms with van der Waals surface area (Å²) in [6.45, 7) is 36.0. The fourth-order valence-electron chi connectivity index (χ4n) is 10.7. The molecule has 0 aliphatic carbocycles. The average molecular weight is 633 g/mol. The second kappa shape index (κ2) is 9.38. The first-order valence-electron chi connectivity index (χ1n) is 14.6. The molecule has 4 aliphatic rings. The van der Waals surface area contributed by atoms with E-state index in [1.165, 1.54) is 0 Å². The zero-order chi connectivity index (χ0) is 30.3. The summed E-state index contributed by atoms with van der Waals surface area (Å²) >= 11 is 0. The lowest BCUT2D eigenvalue weighted by Gasteiger charge is -2.85. The van der Waals surface area contributed by atoms with Crippen LogP contribution in [0, 0.1) is 22.7 Å². The summed E-state index contributed by atoms with van der Waals surface area (Å²) in [6.07, 6.45) is 7.58. The third-order valence-corrected chi connectivity index (χ3v) is 102. The number of rotatable bonds is 3. The minimum atomic E-state index is -1.61. The molecule has 2 bridgehead atoms. The van der Waals surface area contributed by atoms with Gasteiger partial charge in [-0.15, -0.1) is 0 Å². The van der Waals surface area contributed by atoms with Crippen molar-refractivity contribution >= 4 is 51.6 Å². The summed E-state index contributed by atoms with van der Waals surface area (Å²) in [5.41, 5.74) is 3.58. The molecule has 0 unspecified atom stereocenters. The van der Waals surface area contributed by atoms with Crippen LogP contribution in [0.2, 0.25) is 83.4 Å². The fraction of sp³-hybridized carbons (Fsp3) is 0.484. The summed E-state index contributed by atoms with van der Waals surface area (Å²) in [7, 11) is -9.17. The Kier molecular flexibility index (Phi) is 7.32. The van der Waals surface area contributed by atoms with Gasteiger partial charge in [0.1, 0.15) is 29.2 Å². The van der Waals surface area contributed by atoms with Crippen LogP contribution >= 0.6 is 0 Å². The molecular weight excluding hydrogens is 585 g/mol. The van der Waals surface area contributed by atoms with Crippen molar-refractivity contribution < 1.29 is 4.74 Å². The quantitative estimate of drug-likeness (QED) is 0.247. The molecule has 4 heterocycles. The Morgan fingerprint density at radius 1 is 0.725 bits per heavy atom. The first kappa shape index (κ1) is 31.2. The molecule has 4 aliphatic heterocycles. The summed E-state index contributed by atoms with van der Waals surface area (Å²) in [6, 6.07) is 13.8. The molecule has 212 valence electrons. The van der Waals surface area contributed by atoms with Crippen LogP contribution in [0.5, 0.6) is 0 Å². The van der Waals surface area contributed by atoms with Gasteiger partial charge in [0.15, 0.2) is 0 Å². The van der Waals surface area contributed by atoms with E-state index >= 15 is 0 Å². The SMILES string of the molecule is CC1=CC(=C(C#N)C#N)C=C(/C=C/c2ccc(C34[Si](C)(C)[Si](C)(C)C([Si](C)(C)[Si]3(C)C)[Si](C)(C)[Si]4(C)C)cc2)O1. The number of ether oxygens (including phenoxy) is 1. The Morgan fingerprint density at radius 2 is 1.18 bits per heavy atom. The molecule has 0 radical (unpaired) electrons. The first-order chi connectivity index (χ1) is 18.2. The van der Waals surface area contributed by atoms with Crippen molar-refractivity contribution in [3.63, 3.8) is 0 Å². The topological polar surface area (TPSA) is 56.8 Å². The molecule has 0 amide bonds. The monoisotopic (exact) mass is 632 g/mol. The predicted molar refractivity (Wildman–Crippen MR) is 187 cm³/mol. The van der Waals surface area contributed by atoms with Crippen LogP contribution in [-0.2, 0) is 9.02 Å². The lowest BCUT2D eigenvalue weighted by molar-refractivity contribution is 0.318. The Balaban J connectivity index is 1.85. The third-order valence-electron chi connectivity index (χ3n) is 13.0. The summed E-state index contributed by atoms with van der Waals surface area (Å²) in [5, 5.41) is 18.6. The van der Waals surface area contributed by atoms with Crippen LogP contribution in [-0.4, -0.2) is 45.5 Å². The van der Waals surface area contributed by atoms with Gasteiger partial charge < -0.3 is 4.74 Å². The van der Waals surface area contributed by atoms with Gasteiger partial charge in [0, 0.05) is 51.1 Å². The molecular formula is C31H48N2OSi6.